The van der Waals surface area contributed by atoms with Crippen molar-refractivity contribution in [3.63, 3.8) is 0 Å². The molecule has 0 aliphatic heterocycles. The van der Waals surface area contributed by atoms with Gasteiger partial charge in [-0.25, -0.2) is 0 Å². The van der Waals surface area contributed by atoms with Gasteiger partial charge in [0.2, 0.25) is 0 Å². The molecule has 0 aliphatic rings. The average molecular weight is 152 g/mol. The fourth-order valence-corrected chi connectivity index (χ4v) is 0.567. The molecule has 0 saturated carbocycles. The summed E-state index contributed by atoms with van der Waals surface area (Å²) in [6.45, 7) is 2.08. The Bertz CT molecular complexity index is 26.7. The van der Waals surface area contributed by atoms with Crippen LogP contribution in [-0.4, -0.2) is 11.4 Å². The number of halogens is 1. The summed E-state index contributed by atoms with van der Waals surface area (Å²) in [7, 11) is 0. The molecular formula is C4H10BrN. The number of hydrogen-bond acceptors (Lipinski definition) is 1. The van der Waals surface area contributed by atoms with Crippen molar-refractivity contribution in [2.24, 2.45) is 5.73 Å². The third kappa shape index (κ3) is 2.67. The minimum atomic E-state index is 0.352. The summed E-state index contributed by atoms with van der Waals surface area (Å²) in [5.41, 5.74) is 5.43. The van der Waals surface area contributed by atoms with Crippen LogP contribution in [0.3, 0.4) is 0 Å². The summed E-state index contributed by atoms with van der Waals surface area (Å²) in [5, 5.41) is 0.920. The molecule has 0 aromatic heterocycles. The molecule has 0 amide bonds. The van der Waals surface area contributed by atoms with E-state index in [4.69, 9.17) is 5.73 Å². The number of alkyl halides is 1. The molecule has 0 radical (unpaired) electrons. The van der Waals surface area contributed by atoms with E-state index in [2.05, 4.69) is 22.9 Å². The number of rotatable bonds is 2. The fraction of sp³-hybridized carbons (Fsp3) is 1.00. The first-order valence-corrected chi connectivity index (χ1v) is 3.25. The van der Waals surface area contributed by atoms with Gasteiger partial charge in [0.1, 0.15) is 0 Å². The van der Waals surface area contributed by atoms with E-state index in [0.717, 1.165) is 11.8 Å². The molecule has 0 saturated heterocycles. The summed E-state index contributed by atoms with van der Waals surface area (Å²) in [4.78, 5) is 0. The monoisotopic (exact) mass is 151 g/mol. The van der Waals surface area contributed by atoms with Crippen LogP contribution in [0.1, 0.15) is 13.3 Å². The van der Waals surface area contributed by atoms with Crippen molar-refractivity contribution in [3.8, 4) is 0 Å². The Kier molecular flexibility index (Phi) is 3.89. The van der Waals surface area contributed by atoms with Gasteiger partial charge in [0, 0.05) is 11.4 Å². The topological polar surface area (TPSA) is 26.0 Å². The van der Waals surface area contributed by atoms with E-state index >= 15 is 0 Å². The molecule has 1 nitrogen and oxygen atoms in total. The van der Waals surface area contributed by atoms with Crippen molar-refractivity contribution in [2.45, 2.75) is 19.4 Å². The van der Waals surface area contributed by atoms with E-state index in [1.54, 1.807) is 0 Å². The highest BCUT2D eigenvalue weighted by Crippen LogP contribution is 1.89. The number of nitrogens with two attached hydrogens (primary N) is 1. The van der Waals surface area contributed by atoms with Gasteiger partial charge < -0.3 is 5.73 Å². The Balaban J connectivity index is 2.75. The van der Waals surface area contributed by atoms with E-state index < -0.39 is 0 Å². The van der Waals surface area contributed by atoms with Gasteiger partial charge in [-0.15, -0.1) is 0 Å². The molecule has 38 valence electrons. The third-order valence-electron chi connectivity index (χ3n) is 0.723. The van der Waals surface area contributed by atoms with Crippen LogP contribution in [0.5, 0.6) is 0 Å². The molecule has 0 aromatic rings. The molecule has 0 rings (SSSR count). The summed E-state index contributed by atoms with van der Waals surface area (Å²) in [6, 6.07) is 0.352. The van der Waals surface area contributed by atoms with Gasteiger partial charge >= 0.3 is 0 Å². The molecule has 0 unspecified atom stereocenters. The van der Waals surface area contributed by atoms with Crippen LogP contribution in [0.4, 0.5) is 0 Å². The van der Waals surface area contributed by atoms with Gasteiger partial charge in [-0.2, -0.15) is 0 Å². The second-order valence-electron chi connectivity index (χ2n) is 1.32. The molecule has 1 atom stereocenters. The van der Waals surface area contributed by atoms with Crippen LogP contribution >= 0.6 is 15.9 Å². The van der Waals surface area contributed by atoms with Crippen LogP contribution in [0.2, 0.25) is 0 Å². The summed E-state index contributed by atoms with van der Waals surface area (Å²) in [6.07, 6.45) is 1.06. The predicted octanol–water partition coefficient (Wildman–Crippen LogP) is 1.12. The van der Waals surface area contributed by atoms with Gasteiger partial charge in [-0.1, -0.05) is 22.9 Å². The highest BCUT2D eigenvalue weighted by Gasteiger charge is 1.90. The van der Waals surface area contributed by atoms with Gasteiger partial charge in [-0.3, -0.25) is 0 Å². The Labute approximate surface area is 47.0 Å². The zero-order valence-corrected chi connectivity index (χ0v) is 5.53. The fourth-order valence-electron chi connectivity index (χ4n) is 0.109. The molecule has 6 heavy (non-hydrogen) atoms. The van der Waals surface area contributed by atoms with Crippen LogP contribution in [0.15, 0.2) is 0 Å². The van der Waals surface area contributed by atoms with E-state index in [0.29, 0.717) is 6.04 Å². The smallest absolute Gasteiger partial charge is 0.0183 e. The Morgan fingerprint density at radius 1 is 1.83 bits per heavy atom. The second kappa shape index (κ2) is 3.62. The van der Waals surface area contributed by atoms with Gasteiger partial charge in [0.25, 0.3) is 0 Å². The zero-order chi connectivity index (χ0) is 4.99. The van der Waals surface area contributed by atoms with E-state index in [9.17, 15) is 0 Å². The molecule has 2 heteroatoms. The standard InChI is InChI=1S/C4H10BrN/c1-2-4(6)3-5/h4H,2-3,6H2,1H3/t4-/m0/s1. The van der Waals surface area contributed by atoms with Crippen molar-refractivity contribution in [1.29, 1.82) is 0 Å². The Morgan fingerprint density at radius 2 is 2.33 bits per heavy atom. The van der Waals surface area contributed by atoms with Gasteiger partial charge in [-0.05, 0) is 6.42 Å². The Hall–Kier alpha value is 0.440. The molecule has 0 bridgehead atoms. The van der Waals surface area contributed by atoms with Crippen LogP contribution in [-0.2, 0) is 0 Å². The average Bonchev–Trinajstić information content (AvgIpc) is 1.65. The molecule has 0 spiro atoms. The second-order valence-corrected chi connectivity index (χ2v) is 1.97. The van der Waals surface area contributed by atoms with Crippen molar-refractivity contribution in [2.75, 3.05) is 5.33 Å². The lowest BCUT2D eigenvalue weighted by Crippen LogP contribution is -2.19. The highest BCUT2D eigenvalue weighted by molar-refractivity contribution is 9.09. The first-order valence-electron chi connectivity index (χ1n) is 2.12. The van der Waals surface area contributed by atoms with E-state index in [1.165, 1.54) is 0 Å². The van der Waals surface area contributed by atoms with Crippen LogP contribution < -0.4 is 5.73 Å². The van der Waals surface area contributed by atoms with Crippen molar-refractivity contribution >= 4 is 15.9 Å². The minimum absolute atomic E-state index is 0.352. The summed E-state index contributed by atoms with van der Waals surface area (Å²) >= 11 is 3.25. The van der Waals surface area contributed by atoms with Crippen molar-refractivity contribution < 1.29 is 0 Å². The molecule has 0 aromatic carbocycles. The summed E-state index contributed by atoms with van der Waals surface area (Å²) in [5.74, 6) is 0. The largest absolute Gasteiger partial charge is 0.327 e. The molecular weight excluding hydrogens is 142 g/mol. The van der Waals surface area contributed by atoms with Gasteiger partial charge in [0.15, 0.2) is 0 Å². The maximum atomic E-state index is 5.43. The van der Waals surface area contributed by atoms with Crippen LogP contribution in [0, 0.1) is 0 Å². The Morgan fingerprint density at radius 3 is 2.33 bits per heavy atom. The van der Waals surface area contributed by atoms with E-state index in [-0.39, 0.29) is 0 Å². The molecule has 0 aliphatic carbocycles. The van der Waals surface area contributed by atoms with Gasteiger partial charge in [0.05, 0.1) is 0 Å². The first-order chi connectivity index (χ1) is 2.81. The molecule has 0 heterocycles. The molecule has 2 N–H and O–H groups in total. The molecule has 0 fully saturated rings. The maximum Gasteiger partial charge on any atom is 0.0183 e. The number of hydrogen-bond donors (Lipinski definition) is 1. The SMILES string of the molecule is CC[C@H](N)CBr. The van der Waals surface area contributed by atoms with Crippen molar-refractivity contribution in [1.82, 2.24) is 0 Å². The minimum Gasteiger partial charge on any atom is -0.327 e. The quantitative estimate of drug-likeness (QED) is 0.589. The first kappa shape index (κ1) is 6.44. The predicted molar refractivity (Wildman–Crippen MR) is 32.1 cm³/mol. The van der Waals surface area contributed by atoms with Crippen LogP contribution in [0.25, 0.3) is 0 Å². The lowest BCUT2D eigenvalue weighted by molar-refractivity contribution is 0.729. The summed E-state index contributed by atoms with van der Waals surface area (Å²) < 4.78 is 0. The zero-order valence-electron chi connectivity index (χ0n) is 3.95. The maximum absolute atomic E-state index is 5.43. The third-order valence-corrected chi connectivity index (χ3v) is 1.55. The van der Waals surface area contributed by atoms with Crippen molar-refractivity contribution in [3.05, 3.63) is 0 Å². The lowest BCUT2D eigenvalue weighted by Gasteiger charge is -1.98. The lowest BCUT2D eigenvalue weighted by atomic mass is 10.3. The van der Waals surface area contributed by atoms with E-state index in [1.807, 2.05) is 0 Å². The highest BCUT2D eigenvalue weighted by atomic mass is 79.9. The normalized spacial score (nSPS) is 14.5.